The highest BCUT2D eigenvalue weighted by atomic mass is 19.4. The van der Waals surface area contributed by atoms with E-state index in [-0.39, 0.29) is 30.3 Å². The normalized spacial score (nSPS) is 20.8. The molecule has 21 heavy (non-hydrogen) atoms. The summed E-state index contributed by atoms with van der Waals surface area (Å²) in [6.07, 6.45) is -4.49. The molecule has 1 aromatic rings. The van der Waals surface area contributed by atoms with Gasteiger partial charge in [0.1, 0.15) is 18.1 Å². The first-order valence-electron chi connectivity index (χ1n) is 6.24. The molecule has 1 aromatic carbocycles. The first kappa shape index (κ1) is 15.4. The van der Waals surface area contributed by atoms with Gasteiger partial charge in [-0.3, -0.25) is 5.32 Å². The first-order valence-corrected chi connectivity index (χ1v) is 6.24. The minimum Gasteiger partial charge on any atom is -0.508 e. The number of carbonyl (C=O) groups is 1. The minimum absolute atomic E-state index is 0.0295. The predicted octanol–water partition coefficient (Wildman–Crippen LogP) is 1.69. The lowest BCUT2D eigenvalue weighted by molar-refractivity contribution is -0.157. The number of benzene rings is 1. The zero-order chi connectivity index (χ0) is 15.7. The van der Waals surface area contributed by atoms with E-state index < -0.39 is 24.2 Å². The zero-order valence-corrected chi connectivity index (χ0v) is 11.2. The summed E-state index contributed by atoms with van der Waals surface area (Å²) in [5.74, 6) is -0.805. The van der Waals surface area contributed by atoms with Gasteiger partial charge < -0.3 is 14.6 Å². The lowest BCUT2D eigenvalue weighted by Gasteiger charge is -2.27. The molecule has 0 spiro atoms. The molecule has 116 valence electrons. The molecule has 1 atom stereocenters. The van der Waals surface area contributed by atoms with Gasteiger partial charge >= 0.3 is 12.1 Å². The number of ether oxygens (including phenoxy) is 2. The highest BCUT2D eigenvalue weighted by Crippen LogP contribution is 2.40. The van der Waals surface area contributed by atoms with Crippen LogP contribution in [-0.2, 0) is 15.1 Å². The molecule has 2 rings (SSSR count). The van der Waals surface area contributed by atoms with Gasteiger partial charge in [0.2, 0.25) is 0 Å². The zero-order valence-electron chi connectivity index (χ0n) is 11.2. The molecule has 0 saturated carbocycles. The van der Waals surface area contributed by atoms with E-state index in [4.69, 9.17) is 9.47 Å². The van der Waals surface area contributed by atoms with Crippen molar-refractivity contribution in [2.45, 2.75) is 18.6 Å². The topological polar surface area (TPSA) is 67.8 Å². The minimum atomic E-state index is -4.49. The molecule has 2 N–H and O–H groups in total. The summed E-state index contributed by atoms with van der Waals surface area (Å²) >= 11 is 0. The Kier molecular flexibility index (Phi) is 3.99. The third-order valence-electron chi connectivity index (χ3n) is 3.08. The largest absolute Gasteiger partial charge is 0.508 e. The monoisotopic (exact) mass is 305 g/mol. The number of aromatic hydroxyl groups is 1. The lowest BCUT2D eigenvalue weighted by Crippen LogP contribution is -2.54. The number of fused-ring (bicyclic) bond motifs is 1. The molecule has 0 aliphatic carbocycles. The third kappa shape index (κ3) is 3.05. The van der Waals surface area contributed by atoms with E-state index in [1.165, 1.54) is 18.2 Å². The molecular weight excluding hydrogens is 291 g/mol. The van der Waals surface area contributed by atoms with Crippen LogP contribution in [0.5, 0.6) is 11.5 Å². The fraction of sp³-hybridized carbons (Fsp3) is 0.462. The molecule has 0 fully saturated rings. The third-order valence-corrected chi connectivity index (χ3v) is 3.08. The molecule has 0 amide bonds. The van der Waals surface area contributed by atoms with Crippen LogP contribution in [0.2, 0.25) is 0 Å². The molecule has 5 nitrogen and oxygen atoms in total. The maximum absolute atomic E-state index is 12.5. The van der Waals surface area contributed by atoms with Crippen molar-refractivity contribution < 1.29 is 32.5 Å². The quantitative estimate of drug-likeness (QED) is 0.829. The van der Waals surface area contributed by atoms with Crippen molar-refractivity contribution in [1.29, 1.82) is 0 Å². The summed E-state index contributed by atoms with van der Waals surface area (Å²) in [5, 5.41) is 11.6. The summed E-state index contributed by atoms with van der Waals surface area (Å²) in [6, 6.07) is 3.86. The average Bonchev–Trinajstić information content (AvgIpc) is 2.75. The number of hydrogen-bond acceptors (Lipinski definition) is 5. The van der Waals surface area contributed by atoms with Crippen LogP contribution in [0.1, 0.15) is 12.5 Å². The molecule has 0 bridgehead atoms. The van der Waals surface area contributed by atoms with Crippen molar-refractivity contribution in [2.24, 2.45) is 0 Å². The molecule has 0 radical (unpaired) electrons. The van der Waals surface area contributed by atoms with Crippen LogP contribution in [0.15, 0.2) is 18.2 Å². The van der Waals surface area contributed by atoms with Gasteiger partial charge in [-0.15, -0.1) is 0 Å². The molecule has 1 heterocycles. The van der Waals surface area contributed by atoms with Crippen LogP contribution >= 0.6 is 0 Å². The fourth-order valence-corrected chi connectivity index (χ4v) is 2.14. The highest BCUT2D eigenvalue weighted by molar-refractivity contribution is 5.85. The molecule has 8 heteroatoms. The molecule has 0 saturated heterocycles. The summed E-state index contributed by atoms with van der Waals surface area (Å²) in [4.78, 5) is 12.1. The van der Waals surface area contributed by atoms with Crippen molar-refractivity contribution in [3.8, 4) is 11.5 Å². The lowest BCUT2D eigenvalue weighted by atomic mass is 9.91. The standard InChI is InChI=1S/C13H14F3NO4/c1-2-20-11(19)12(17-6-13(14,15)16)7-21-10-5-8(18)3-4-9(10)12/h3-5,17-18H,2,6-7H2,1H3. The number of esters is 1. The van der Waals surface area contributed by atoms with E-state index >= 15 is 0 Å². The van der Waals surface area contributed by atoms with Gasteiger partial charge in [0, 0.05) is 11.6 Å². The Balaban J connectivity index is 2.38. The summed E-state index contributed by atoms with van der Waals surface area (Å²) in [7, 11) is 0. The van der Waals surface area contributed by atoms with E-state index in [1.54, 1.807) is 6.92 Å². The van der Waals surface area contributed by atoms with E-state index in [0.717, 1.165) is 0 Å². The summed E-state index contributed by atoms with van der Waals surface area (Å²) in [6.45, 7) is -0.110. The number of phenols is 1. The SMILES string of the molecule is CCOC(=O)C1(NCC(F)(F)F)COc2cc(O)ccc21. The predicted molar refractivity (Wildman–Crippen MR) is 66.0 cm³/mol. The Morgan fingerprint density at radius 1 is 1.52 bits per heavy atom. The molecule has 0 aromatic heterocycles. The van der Waals surface area contributed by atoms with Crippen molar-refractivity contribution >= 4 is 5.97 Å². The Bertz CT molecular complexity index is 547. The molecule has 1 unspecified atom stereocenters. The van der Waals surface area contributed by atoms with Gasteiger partial charge in [-0.25, -0.2) is 4.79 Å². The number of carbonyl (C=O) groups excluding carboxylic acids is 1. The van der Waals surface area contributed by atoms with Crippen LogP contribution in [0.4, 0.5) is 13.2 Å². The van der Waals surface area contributed by atoms with Crippen molar-refractivity contribution in [3.05, 3.63) is 23.8 Å². The second kappa shape index (κ2) is 5.44. The van der Waals surface area contributed by atoms with Gasteiger partial charge in [0.25, 0.3) is 0 Å². The molecule has 1 aliphatic heterocycles. The Labute approximate surface area is 118 Å². The van der Waals surface area contributed by atoms with Gasteiger partial charge in [-0.05, 0) is 19.1 Å². The van der Waals surface area contributed by atoms with Crippen LogP contribution in [0.25, 0.3) is 0 Å². The van der Waals surface area contributed by atoms with Gasteiger partial charge in [0.15, 0.2) is 5.54 Å². The second-order valence-corrected chi connectivity index (χ2v) is 4.56. The number of alkyl halides is 3. The summed E-state index contributed by atoms with van der Waals surface area (Å²) in [5.41, 5.74) is -1.52. The maximum Gasteiger partial charge on any atom is 0.401 e. The number of halogens is 3. The van der Waals surface area contributed by atoms with E-state index in [1.807, 2.05) is 0 Å². The van der Waals surface area contributed by atoms with Gasteiger partial charge in [0.05, 0.1) is 13.2 Å². The summed E-state index contributed by atoms with van der Waals surface area (Å²) < 4.78 is 47.5. The van der Waals surface area contributed by atoms with E-state index in [0.29, 0.717) is 0 Å². The Morgan fingerprint density at radius 2 is 2.24 bits per heavy atom. The van der Waals surface area contributed by atoms with Crippen LogP contribution in [0, 0.1) is 0 Å². The van der Waals surface area contributed by atoms with Crippen molar-refractivity contribution in [3.63, 3.8) is 0 Å². The molecule has 1 aliphatic rings. The number of nitrogens with one attached hydrogen (secondary N) is 1. The van der Waals surface area contributed by atoms with Crippen LogP contribution in [0.3, 0.4) is 0 Å². The highest BCUT2D eigenvalue weighted by Gasteiger charge is 2.50. The first-order chi connectivity index (χ1) is 9.78. The number of hydrogen-bond donors (Lipinski definition) is 2. The Morgan fingerprint density at radius 3 is 2.86 bits per heavy atom. The van der Waals surface area contributed by atoms with Crippen molar-refractivity contribution in [2.75, 3.05) is 19.8 Å². The van der Waals surface area contributed by atoms with Crippen molar-refractivity contribution in [1.82, 2.24) is 5.32 Å². The Hall–Kier alpha value is -1.96. The molecular formula is C13H14F3NO4. The smallest absolute Gasteiger partial charge is 0.401 e. The van der Waals surface area contributed by atoms with E-state index in [2.05, 4.69) is 5.32 Å². The second-order valence-electron chi connectivity index (χ2n) is 4.56. The number of rotatable bonds is 4. The van der Waals surface area contributed by atoms with Gasteiger partial charge in [-0.1, -0.05) is 0 Å². The fourth-order valence-electron chi connectivity index (χ4n) is 2.14. The van der Waals surface area contributed by atoms with E-state index in [9.17, 15) is 23.1 Å². The number of phenolic OH excluding ortho intramolecular Hbond substituents is 1. The average molecular weight is 305 g/mol. The van der Waals surface area contributed by atoms with Gasteiger partial charge in [-0.2, -0.15) is 13.2 Å². The van der Waals surface area contributed by atoms with Crippen LogP contribution < -0.4 is 10.1 Å². The maximum atomic E-state index is 12.5. The van der Waals surface area contributed by atoms with Crippen LogP contribution in [-0.4, -0.2) is 37.0 Å².